The van der Waals surface area contributed by atoms with E-state index >= 15 is 0 Å². The molecule has 0 atom stereocenters. The Morgan fingerprint density at radius 2 is 1.59 bits per heavy atom. The molecule has 5 N–H and O–H groups in total. The van der Waals surface area contributed by atoms with Crippen molar-refractivity contribution in [1.29, 1.82) is 0 Å². The largest absolute Gasteiger partial charge is 0.507 e. The highest BCUT2D eigenvalue weighted by molar-refractivity contribution is 9.10. The van der Waals surface area contributed by atoms with Gasteiger partial charge in [0.2, 0.25) is 5.78 Å². The summed E-state index contributed by atoms with van der Waals surface area (Å²) < 4.78 is 29.9. The third kappa shape index (κ3) is 3.69. The van der Waals surface area contributed by atoms with Gasteiger partial charge in [-0.2, -0.15) is 8.42 Å². The van der Waals surface area contributed by atoms with Crippen molar-refractivity contribution in [3.05, 3.63) is 50.5 Å². The summed E-state index contributed by atoms with van der Waals surface area (Å²) in [5.74, 6) is -5.17. The summed E-state index contributed by atoms with van der Waals surface area (Å²) in [4.78, 5) is 37.7. The van der Waals surface area contributed by atoms with Crippen molar-refractivity contribution in [3.63, 3.8) is 0 Å². The summed E-state index contributed by atoms with van der Waals surface area (Å²) >= 11 is 2.89. The number of carbonyl (C=O) groups is 3. The first kappa shape index (κ1) is 20.8. The molecule has 0 heterocycles. The molecule has 0 unspecified atom stereocenters. The van der Waals surface area contributed by atoms with Crippen LogP contribution in [0.1, 0.15) is 42.2 Å². The zero-order chi connectivity index (χ0) is 21.7. The molecule has 29 heavy (non-hydrogen) atoms. The molecule has 1 aliphatic rings. The van der Waals surface area contributed by atoms with E-state index < -0.39 is 68.3 Å². The van der Waals surface area contributed by atoms with Gasteiger partial charge in [-0.3, -0.25) is 18.9 Å². The van der Waals surface area contributed by atoms with Crippen LogP contribution in [0.15, 0.2) is 22.7 Å². The number of nitrogens with one attached hydrogen (secondary N) is 1. The summed E-state index contributed by atoms with van der Waals surface area (Å²) in [6.45, 7) is -0.430. The van der Waals surface area contributed by atoms with Crippen LogP contribution in [-0.2, 0) is 10.1 Å². The zero-order valence-corrected chi connectivity index (χ0v) is 16.7. The third-order valence-corrected chi connectivity index (χ3v) is 5.69. The lowest BCUT2D eigenvalue weighted by molar-refractivity contribution is 0.0951. The number of fused-ring (bicyclic) bond motifs is 2. The van der Waals surface area contributed by atoms with Crippen molar-refractivity contribution < 1.29 is 42.7 Å². The molecule has 2 aromatic carbocycles. The van der Waals surface area contributed by atoms with Gasteiger partial charge in [-0.05, 0) is 34.1 Å². The predicted molar refractivity (Wildman–Crippen MR) is 101 cm³/mol. The molecule has 10 nitrogen and oxygen atoms in total. The van der Waals surface area contributed by atoms with E-state index in [1.54, 1.807) is 0 Å². The average molecular weight is 486 g/mol. The maximum atomic E-state index is 12.8. The molecular formula is C17H12BrNO9S. The fourth-order valence-electron chi connectivity index (χ4n) is 2.88. The van der Waals surface area contributed by atoms with Crippen LogP contribution in [0, 0.1) is 0 Å². The first-order valence-corrected chi connectivity index (χ1v) is 10.3. The lowest BCUT2D eigenvalue weighted by atomic mass is 9.82. The van der Waals surface area contributed by atoms with Gasteiger partial charge in [-0.25, -0.2) is 0 Å². The van der Waals surface area contributed by atoms with Gasteiger partial charge in [0.05, 0.1) is 16.9 Å². The molecule has 3 rings (SSSR count). The van der Waals surface area contributed by atoms with Crippen molar-refractivity contribution >= 4 is 43.5 Å². The second-order valence-corrected chi connectivity index (χ2v) is 8.46. The van der Waals surface area contributed by atoms with Crippen molar-refractivity contribution in [1.82, 2.24) is 5.32 Å². The molecule has 0 radical (unpaired) electrons. The molecule has 1 amide bonds. The van der Waals surface area contributed by atoms with Crippen LogP contribution in [-0.4, -0.2) is 58.1 Å². The van der Waals surface area contributed by atoms with Gasteiger partial charge in [0.25, 0.3) is 16.0 Å². The number of phenols is 3. The van der Waals surface area contributed by atoms with Crippen LogP contribution >= 0.6 is 15.9 Å². The number of hydrogen-bond acceptors (Lipinski definition) is 8. The lowest BCUT2D eigenvalue weighted by Gasteiger charge is -2.21. The van der Waals surface area contributed by atoms with Crippen LogP contribution in [0.4, 0.5) is 0 Å². The van der Waals surface area contributed by atoms with Gasteiger partial charge in [0, 0.05) is 23.2 Å². The Morgan fingerprint density at radius 3 is 2.21 bits per heavy atom. The first-order chi connectivity index (χ1) is 13.4. The predicted octanol–water partition coefficient (Wildman–Crippen LogP) is 0.959. The van der Waals surface area contributed by atoms with Gasteiger partial charge in [0.1, 0.15) is 21.7 Å². The molecule has 0 fully saturated rings. The molecule has 0 aliphatic heterocycles. The number of rotatable bonds is 4. The molecule has 0 spiro atoms. The quantitative estimate of drug-likeness (QED) is 0.336. The zero-order valence-electron chi connectivity index (χ0n) is 14.3. The topological polar surface area (TPSA) is 178 Å². The number of aromatic hydroxyl groups is 3. The molecule has 152 valence electrons. The molecule has 0 bridgehead atoms. The van der Waals surface area contributed by atoms with E-state index in [0.717, 1.165) is 18.2 Å². The number of benzene rings is 2. The minimum Gasteiger partial charge on any atom is -0.507 e. The number of amides is 1. The van der Waals surface area contributed by atoms with Crippen molar-refractivity contribution in [3.8, 4) is 17.2 Å². The van der Waals surface area contributed by atoms with Crippen LogP contribution in [0.3, 0.4) is 0 Å². The van der Waals surface area contributed by atoms with Gasteiger partial charge in [0.15, 0.2) is 5.78 Å². The van der Waals surface area contributed by atoms with E-state index in [1.165, 1.54) is 0 Å². The van der Waals surface area contributed by atoms with Gasteiger partial charge in [-0.1, -0.05) is 0 Å². The third-order valence-electron chi connectivity index (χ3n) is 4.19. The van der Waals surface area contributed by atoms with Gasteiger partial charge >= 0.3 is 0 Å². The summed E-state index contributed by atoms with van der Waals surface area (Å²) in [6, 6.07) is 2.90. The Morgan fingerprint density at radius 1 is 0.966 bits per heavy atom. The Labute approximate surface area is 171 Å². The van der Waals surface area contributed by atoms with E-state index in [9.17, 15) is 38.1 Å². The minimum absolute atomic E-state index is 0.199. The molecule has 2 aromatic rings. The molecule has 1 aliphatic carbocycles. The Balaban J connectivity index is 2.05. The van der Waals surface area contributed by atoms with E-state index in [2.05, 4.69) is 21.2 Å². The van der Waals surface area contributed by atoms with Crippen LogP contribution in [0.2, 0.25) is 0 Å². The normalized spacial score (nSPS) is 13.0. The monoisotopic (exact) mass is 485 g/mol. The summed E-state index contributed by atoms with van der Waals surface area (Å²) in [5, 5.41) is 32.4. The van der Waals surface area contributed by atoms with Crippen molar-refractivity contribution in [2.45, 2.75) is 0 Å². The highest BCUT2D eigenvalue weighted by Gasteiger charge is 2.36. The highest BCUT2D eigenvalue weighted by atomic mass is 79.9. The second-order valence-electron chi connectivity index (χ2n) is 6.10. The van der Waals surface area contributed by atoms with Crippen LogP contribution < -0.4 is 5.32 Å². The van der Waals surface area contributed by atoms with E-state index in [-0.39, 0.29) is 21.2 Å². The SMILES string of the molecule is O=C(NCCS(=O)(=O)O)c1cc(O)c2c(c1)C(=O)c1cc(O)c(Br)c(O)c1C2=O. The maximum Gasteiger partial charge on any atom is 0.266 e. The maximum absolute atomic E-state index is 12.8. The summed E-state index contributed by atoms with van der Waals surface area (Å²) in [6.07, 6.45) is 0. The van der Waals surface area contributed by atoms with Gasteiger partial charge in [-0.15, -0.1) is 0 Å². The molecule has 0 aromatic heterocycles. The summed E-state index contributed by atoms with van der Waals surface area (Å²) in [5.41, 5.74) is -1.72. The van der Waals surface area contributed by atoms with Crippen molar-refractivity contribution in [2.75, 3.05) is 12.3 Å². The average Bonchev–Trinajstić information content (AvgIpc) is 2.62. The van der Waals surface area contributed by atoms with Crippen LogP contribution in [0.5, 0.6) is 17.2 Å². The number of phenolic OH excluding ortho intramolecular Hbond substituents is 3. The Bertz CT molecular complexity index is 1200. The molecule has 0 saturated heterocycles. The number of ketones is 2. The first-order valence-electron chi connectivity index (χ1n) is 7.86. The van der Waals surface area contributed by atoms with Gasteiger partial charge < -0.3 is 20.6 Å². The highest BCUT2D eigenvalue weighted by Crippen LogP contribution is 2.44. The number of halogens is 1. The van der Waals surface area contributed by atoms with E-state index in [0.29, 0.717) is 0 Å². The van der Waals surface area contributed by atoms with E-state index in [4.69, 9.17) is 4.55 Å². The van der Waals surface area contributed by atoms with Crippen LogP contribution in [0.25, 0.3) is 0 Å². The van der Waals surface area contributed by atoms with Crippen molar-refractivity contribution in [2.24, 2.45) is 0 Å². The Hall–Kier alpha value is -2.96. The molecular weight excluding hydrogens is 474 g/mol. The smallest absolute Gasteiger partial charge is 0.266 e. The second kappa shape index (κ2) is 7.13. The number of carbonyl (C=O) groups excluding carboxylic acids is 3. The number of hydrogen-bond donors (Lipinski definition) is 5. The van der Waals surface area contributed by atoms with E-state index in [1.807, 2.05) is 0 Å². The standard InChI is InChI=1S/C17H12BrNO9S/c18-13-10(21)5-8-12(16(13)24)15(23)11-7(14(8)22)3-6(4-9(11)20)17(25)19-1-2-29(26,27)28/h3-5,20-21,24H,1-2H2,(H,19,25)(H,26,27,28). The minimum atomic E-state index is -4.30. The summed E-state index contributed by atoms with van der Waals surface area (Å²) in [7, 11) is -4.30. The fourth-order valence-corrected chi connectivity index (χ4v) is 3.55. The lowest BCUT2D eigenvalue weighted by Crippen LogP contribution is -2.29. The molecule has 12 heteroatoms. The Kier molecular flexibility index (Phi) is 5.11. The molecule has 0 saturated carbocycles. The fraction of sp³-hybridized carbons (Fsp3) is 0.118.